The Morgan fingerprint density at radius 1 is 1.13 bits per heavy atom. The standard InChI is InChI=1S/C28H45N5O5Si/c1-17(2)39(18(3)4,19(5)6)38-24-13-21(12-20(24)15-34)31-26-22(14-29-16-30-26)25(35)23-10-11-33(32-23)27(36)37-28(7,8)9/h10-11,14,16-21,24,34H,12-13,15H2,1-9H3,(H,29,30,31)/t20-,21-,24+/m1/s1. The molecule has 3 rings (SSSR count). The van der Waals surface area contributed by atoms with E-state index in [0.717, 1.165) is 4.68 Å². The monoisotopic (exact) mass is 559 g/mol. The Morgan fingerprint density at radius 3 is 2.33 bits per heavy atom. The fourth-order valence-corrected chi connectivity index (χ4v) is 11.6. The van der Waals surface area contributed by atoms with Crippen molar-refractivity contribution < 1.29 is 23.9 Å². The summed E-state index contributed by atoms with van der Waals surface area (Å²) in [6.45, 7) is 18.9. The maximum atomic E-state index is 13.4. The van der Waals surface area contributed by atoms with E-state index in [4.69, 9.17) is 9.16 Å². The van der Waals surface area contributed by atoms with Gasteiger partial charge in [-0.2, -0.15) is 9.78 Å². The first kappa shape index (κ1) is 30.9. The lowest BCUT2D eigenvalue weighted by atomic mass is 10.1. The van der Waals surface area contributed by atoms with Gasteiger partial charge in [0.25, 0.3) is 0 Å². The molecule has 0 bridgehead atoms. The summed E-state index contributed by atoms with van der Waals surface area (Å²) >= 11 is 0. The smallest absolute Gasteiger partial charge is 0.435 e. The van der Waals surface area contributed by atoms with Crippen LogP contribution in [-0.4, -0.2) is 69.4 Å². The third-order valence-corrected chi connectivity index (χ3v) is 13.8. The Bertz CT molecular complexity index is 1120. The number of carbonyl (C=O) groups excluding carboxylic acids is 2. The van der Waals surface area contributed by atoms with E-state index in [9.17, 15) is 14.7 Å². The van der Waals surface area contributed by atoms with E-state index in [0.29, 0.717) is 35.3 Å². The minimum atomic E-state index is -2.13. The Morgan fingerprint density at radius 2 is 1.77 bits per heavy atom. The molecule has 1 fully saturated rings. The molecule has 1 saturated carbocycles. The van der Waals surface area contributed by atoms with Gasteiger partial charge in [-0.15, -0.1) is 0 Å². The number of hydrogen-bond donors (Lipinski definition) is 2. The number of nitrogens with one attached hydrogen (secondary N) is 1. The van der Waals surface area contributed by atoms with Crippen molar-refractivity contribution in [1.29, 1.82) is 0 Å². The van der Waals surface area contributed by atoms with Crippen LogP contribution in [0.4, 0.5) is 10.6 Å². The van der Waals surface area contributed by atoms with Crippen molar-refractivity contribution >= 4 is 26.0 Å². The molecule has 2 heterocycles. The lowest BCUT2D eigenvalue weighted by molar-refractivity contribution is 0.0514. The first-order valence-electron chi connectivity index (χ1n) is 13.9. The predicted molar refractivity (Wildman–Crippen MR) is 152 cm³/mol. The highest BCUT2D eigenvalue weighted by molar-refractivity contribution is 6.77. The van der Waals surface area contributed by atoms with Gasteiger partial charge in [0, 0.05) is 31.0 Å². The molecule has 3 atom stereocenters. The first-order valence-corrected chi connectivity index (χ1v) is 16.0. The number of aromatic nitrogens is 4. The maximum absolute atomic E-state index is 13.4. The molecule has 2 aromatic rings. The molecular weight excluding hydrogens is 514 g/mol. The van der Waals surface area contributed by atoms with E-state index in [2.05, 4.69) is 61.9 Å². The van der Waals surface area contributed by atoms with Crippen LogP contribution in [0, 0.1) is 5.92 Å². The second kappa shape index (κ2) is 12.3. The van der Waals surface area contributed by atoms with Crippen LogP contribution in [0.25, 0.3) is 0 Å². The van der Waals surface area contributed by atoms with E-state index in [1.807, 2.05) is 0 Å². The average molecular weight is 560 g/mol. The van der Waals surface area contributed by atoms with Crippen molar-refractivity contribution in [3.63, 3.8) is 0 Å². The van der Waals surface area contributed by atoms with Crippen LogP contribution in [0.2, 0.25) is 16.6 Å². The second-order valence-electron chi connectivity index (χ2n) is 12.5. The molecule has 39 heavy (non-hydrogen) atoms. The number of hydrogen-bond acceptors (Lipinski definition) is 9. The highest BCUT2D eigenvalue weighted by Crippen LogP contribution is 2.46. The molecule has 1 aliphatic carbocycles. The quantitative estimate of drug-likeness (QED) is 0.289. The largest absolute Gasteiger partial charge is 0.442 e. The number of anilines is 1. The van der Waals surface area contributed by atoms with Crippen LogP contribution in [0.3, 0.4) is 0 Å². The van der Waals surface area contributed by atoms with Gasteiger partial charge in [0.2, 0.25) is 14.1 Å². The number of ether oxygens (including phenoxy) is 1. The van der Waals surface area contributed by atoms with Crippen molar-refractivity contribution in [2.45, 2.75) is 110 Å². The van der Waals surface area contributed by atoms with Crippen molar-refractivity contribution in [3.8, 4) is 0 Å². The highest BCUT2D eigenvalue weighted by atomic mass is 28.4. The number of aliphatic hydroxyl groups excluding tert-OH is 1. The van der Waals surface area contributed by atoms with Gasteiger partial charge in [0.15, 0.2) is 0 Å². The topological polar surface area (TPSA) is 128 Å². The molecule has 0 saturated heterocycles. The van der Waals surface area contributed by atoms with Gasteiger partial charge < -0.3 is 19.6 Å². The van der Waals surface area contributed by atoms with Gasteiger partial charge in [0.05, 0.1) is 11.7 Å². The highest BCUT2D eigenvalue weighted by Gasteiger charge is 2.49. The van der Waals surface area contributed by atoms with E-state index in [-0.39, 0.29) is 35.9 Å². The van der Waals surface area contributed by atoms with Crippen molar-refractivity contribution in [2.75, 3.05) is 11.9 Å². The molecule has 216 valence electrons. The molecular formula is C28H45N5O5Si. The number of nitrogens with zero attached hydrogens (tertiary/aromatic N) is 4. The zero-order chi connectivity index (χ0) is 29.1. The molecule has 10 nitrogen and oxygen atoms in total. The third kappa shape index (κ3) is 6.93. The summed E-state index contributed by atoms with van der Waals surface area (Å²) in [6.07, 6.45) is 4.90. The van der Waals surface area contributed by atoms with Gasteiger partial charge in [-0.3, -0.25) is 4.79 Å². The summed E-state index contributed by atoms with van der Waals surface area (Å²) < 4.78 is 13.4. The fourth-order valence-electron chi connectivity index (χ4n) is 6.01. The number of rotatable bonds is 10. The molecule has 0 spiro atoms. The summed E-state index contributed by atoms with van der Waals surface area (Å²) in [5.74, 6) is -0.0175. The molecule has 1 aliphatic rings. The summed E-state index contributed by atoms with van der Waals surface area (Å²) in [5, 5.41) is 17.8. The minimum Gasteiger partial charge on any atom is -0.442 e. The molecule has 0 aromatic carbocycles. The molecule has 0 aliphatic heterocycles. The van der Waals surface area contributed by atoms with E-state index >= 15 is 0 Å². The van der Waals surface area contributed by atoms with Crippen molar-refractivity contribution in [1.82, 2.24) is 19.7 Å². The molecule has 2 aromatic heterocycles. The van der Waals surface area contributed by atoms with Crippen LogP contribution in [0.1, 0.15) is 91.2 Å². The van der Waals surface area contributed by atoms with Gasteiger partial charge in [0.1, 0.15) is 23.4 Å². The minimum absolute atomic E-state index is 0.00357. The lowest BCUT2D eigenvalue weighted by Crippen LogP contribution is -2.51. The van der Waals surface area contributed by atoms with Crippen LogP contribution in [-0.2, 0) is 9.16 Å². The first-order chi connectivity index (χ1) is 18.2. The molecule has 0 radical (unpaired) electrons. The van der Waals surface area contributed by atoms with Gasteiger partial charge in [-0.1, -0.05) is 41.5 Å². The van der Waals surface area contributed by atoms with Crippen molar-refractivity contribution in [2.24, 2.45) is 5.92 Å². The zero-order valence-corrected chi connectivity index (χ0v) is 25.8. The number of aliphatic hydroxyl groups is 1. The Hall–Kier alpha value is -2.63. The van der Waals surface area contributed by atoms with Crippen LogP contribution in [0.5, 0.6) is 0 Å². The fraction of sp³-hybridized carbons (Fsp3) is 0.679. The lowest BCUT2D eigenvalue weighted by Gasteiger charge is -2.45. The van der Waals surface area contributed by atoms with Gasteiger partial charge in [-0.25, -0.2) is 14.8 Å². The summed E-state index contributed by atoms with van der Waals surface area (Å²) in [4.78, 5) is 34.1. The molecule has 2 N–H and O–H groups in total. The Balaban J connectivity index is 1.79. The summed E-state index contributed by atoms with van der Waals surface area (Å²) in [6, 6.07) is 1.43. The van der Waals surface area contributed by atoms with E-state index < -0.39 is 25.8 Å². The SMILES string of the molecule is CC(C)[Si](O[C@H]1C[C@H](Nc2ncncc2C(=O)c2ccn(C(=O)OC(C)(C)C)n2)C[C@@H]1CO)(C(C)C)C(C)C. The number of carbonyl (C=O) groups is 2. The molecule has 0 amide bonds. The summed E-state index contributed by atoms with van der Waals surface area (Å²) in [7, 11) is -2.13. The van der Waals surface area contributed by atoms with Crippen LogP contribution in [0.15, 0.2) is 24.8 Å². The van der Waals surface area contributed by atoms with Crippen molar-refractivity contribution in [3.05, 3.63) is 36.0 Å². The van der Waals surface area contributed by atoms with Crippen LogP contribution < -0.4 is 5.32 Å². The zero-order valence-electron chi connectivity index (χ0n) is 24.8. The Kier molecular flexibility index (Phi) is 9.72. The van der Waals surface area contributed by atoms with Crippen LogP contribution >= 0.6 is 0 Å². The molecule has 0 unspecified atom stereocenters. The summed E-state index contributed by atoms with van der Waals surface area (Å²) in [5.41, 5.74) is 0.976. The Labute approximate surface area is 233 Å². The normalized spacial score (nSPS) is 20.2. The van der Waals surface area contributed by atoms with E-state index in [1.54, 1.807) is 20.8 Å². The number of ketones is 1. The third-order valence-electron chi connectivity index (χ3n) is 7.63. The maximum Gasteiger partial charge on any atom is 0.435 e. The van der Waals surface area contributed by atoms with Gasteiger partial charge in [-0.05, 0) is 56.3 Å². The molecule has 11 heteroatoms. The average Bonchev–Trinajstić information content (AvgIpc) is 3.48. The van der Waals surface area contributed by atoms with Gasteiger partial charge >= 0.3 is 6.09 Å². The second-order valence-corrected chi connectivity index (χ2v) is 17.9. The van der Waals surface area contributed by atoms with E-state index in [1.165, 1.54) is 24.8 Å². The predicted octanol–water partition coefficient (Wildman–Crippen LogP) is 5.43.